The van der Waals surface area contributed by atoms with Crippen LogP contribution in [-0.4, -0.2) is 30.8 Å². The van der Waals surface area contributed by atoms with E-state index < -0.39 is 0 Å². The van der Waals surface area contributed by atoms with E-state index in [-0.39, 0.29) is 12.1 Å². The van der Waals surface area contributed by atoms with Gasteiger partial charge >= 0.3 is 6.03 Å². The third-order valence-corrected chi connectivity index (χ3v) is 4.16. The number of hydrogen-bond donors (Lipinski definition) is 2. The Morgan fingerprint density at radius 2 is 2.33 bits per heavy atom. The standard InChI is InChI=1S/C15H17N7OS/c1-10(13-7-24-11(2)21-13)20-15(23)18-6-12-4-3-5-17-14(12)22-9-16-8-19-22/h3-5,7-10H,6H2,1-2H3,(H2,18,20,23)/t10-/m1/s1. The molecule has 0 aliphatic carbocycles. The monoisotopic (exact) mass is 343 g/mol. The molecule has 0 spiro atoms. The SMILES string of the molecule is Cc1nc([C@@H](C)NC(=O)NCc2cccnc2-n2cncn2)cs1. The number of nitrogens with zero attached hydrogens (tertiary/aromatic N) is 5. The van der Waals surface area contributed by atoms with Crippen LogP contribution in [0.4, 0.5) is 4.79 Å². The Hall–Kier alpha value is -2.81. The molecular weight excluding hydrogens is 326 g/mol. The molecule has 3 heterocycles. The van der Waals surface area contributed by atoms with Gasteiger partial charge in [-0.1, -0.05) is 6.07 Å². The van der Waals surface area contributed by atoms with Crippen molar-refractivity contribution in [1.82, 2.24) is 35.4 Å². The third kappa shape index (κ3) is 3.74. The van der Waals surface area contributed by atoms with Gasteiger partial charge in [0.1, 0.15) is 12.7 Å². The molecule has 9 heteroatoms. The lowest BCUT2D eigenvalue weighted by atomic mass is 10.2. The zero-order chi connectivity index (χ0) is 16.9. The van der Waals surface area contributed by atoms with E-state index in [9.17, 15) is 4.79 Å². The van der Waals surface area contributed by atoms with Gasteiger partial charge in [-0.2, -0.15) is 5.10 Å². The summed E-state index contributed by atoms with van der Waals surface area (Å²) in [6.07, 6.45) is 4.68. The fraction of sp³-hybridized carbons (Fsp3) is 0.267. The first-order valence-corrected chi connectivity index (χ1v) is 8.26. The van der Waals surface area contributed by atoms with Crippen molar-refractivity contribution in [1.29, 1.82) is 0 Å². The molecule has 2 amide bonds. The number of nitrogens with one attached hydrogen (secondary N) is 2. The molecule has 0 aliphatic rings. The number of rotatable bonds is 5. The van der Waals surface area contributed by atoms with Crippen LogP contribution < -0.4 is 10.6 Å². The van der Waals surface area contributed by atoms with E-state index in [4.69, 9.17) is 0 Å². The van der Waals surface area contributed by atoms with E-state index in [2.05, 4.69) is 30.7 Å². The van der Waals surface area contributed by atoms with Crippen molar-refractivity contribution in [3.8, 4) is 5.82 Å². The average molecular weight is 343 g/mol. The van der Waals surface area contributed by atoms with E-state index >= 15 is 0 Å². The first kappa shape index (κ1) is 16.1. The molecular formula is C15H17N7OS. The zero-order valence-corrected chi connectivity index (χ0v) is 14.1. The molecule has 24 heavy (non-hydrogen) atoms. The van der Waals surface area contributed by atoms with Crippen molar-refractivity contribution in [2.75, 3.05) is 0 Å². The summed E-state index contributed by atoms with van der Waals surface area (Å²) >= 11 is 1.56. The number of amides is 2. The number of carbonyl (C=O) groups is 1. The van der Waals surface area contributed by atoms with Gasteiger partial charge in [0.2, 0.25) is 0 Å². The van der Waals surface area contributed by atoms with Crippen molar-refractivity contribution in [3.05, 3.63) is 52.6 Å². The molecule has 8 nitrogen and oxygen atoms in total. The molecule has 1 atom stereocenters. The largest absolute Gasteiger partial charge is 0.334 e. The second-order valence-electron chi connectivity index (χ2n) is 5.17. The van der Waals surface area contributed by atoms with Crippen LogP contribution in [0.5, 0.6) is 0 Å². The Kier molecular flexibility index (Phi) is 4.80. The minimum absolute atomic E-state index is 0.154. The fourth-order valence-corrected chi connectivity index (χ4v) is 2.87. The van der Waals surface area contributed by atoms with Gasteiger partial charge in [-0.25, -0.2) is 24.4 Å². The van der Waals surface area contributed by atoms with E-state index in [0.29, 0.717) is 12.4 Å². The van der Waals surface area contributed by atoms with Crippen molar-refractivity contribution < 1.29 is 4.79 Å². The Morgan fingerprint density at radius 3 is 3.04 bits per heavy atom. The first-order chi connectivity index (χ1) is 11.6. The lowest BCUT2D eigenvalue weighted by Gasteiger charge is -2.13. The highest BCUT2D eigenvalue weighted by Crippen LogP contribution is 2.15. The molecule has 3 aromatic rings. The second kappa shape index (κ2) is 7.18. The molecule has 0 saturated heterocycles. The lowest BCUT2D eigenvalue weighted by Crippen LogP contribution is -2.37. The van der Waals surface area contributed by atoms with E-state index in [1.165, 1.54) is 6.33 Å². The summed E-state index contributed by atoms with van der Waals surface area (Å²) in [7, 11) is 0. The van der Waals surface area contributed by atoms with E-state index in [1.54, 1.807) is 28.5 Å². The maximum atomic E-state index is 12.1. The minimum atomic E-state index is -0.262. The Labute approximate surface area is 143 Å². The summed E-state index contributed by atoms with van der Waals surface area (Å²) < 4.78 is 1.57. The predicted octanol–water partition coefficient (Wildman–Crippen LogP) is 1.99. The van der Waals surface area contributed by atoms with Crippen LogP contribution in [-0.2, 0) is 6.54 Å². The summed E-state index contributed by atoms with van der Waals surface area (Å²) in [5.74, 6) is 0.637. The highest BCUT2D eigenvalue weighted by molar-refractivity contribution is 7.09. The molecule has 0 radical (unpaired) electrons. The van der Waals surface area contributed by atoms with Gasteiger partial charge in [-0.05, 0) is 19.9 Å². The Morgan fingerprint density at radius 1 is 1.46 bits per heavy atom. The van der Waals surface area contributed by atoms with Gasteiger partial charge in [-0.15, -0.1) is 11.3 Å². The molecule has 0 saturated carbocycles. The van der Waals surface area contributed by atoms with Crippen LogP contribution >= 0.6 is 11.3 Å². The first-order valence-electron chi connectivity index (χ1n) is 7.39. The van der Waals surface area contributed by atoms with Gasteiger partial charge in [0.05, 0.1) is 16.7 Å². The average Bonchev–Trinajstić information content (AvgIpc) is 3.24. The summed E-state index contributed by atoms with van der Waals surface area (Å²) in [6.45, 7) is 4.17. The third-order valence-electron chi connectivity index (χ3n) is 3.37. The smallest absolute Gasteiger partial charge is 0.315 e. The van der Waals surface area contributed by atoms with Crippen molar-refractivity contribution in [2.24, 2.45) is 0 Å². The summed E-state index contributed by atoms with van der Waals surface area (Å²) in [5.41, 5.74) is 1.70. The number of aryl methyl sites for hydroxylation is 1. The van der Waals surface area contributed by atoms with Crippen molar-refractivity contribution >= 4 is 17.4 Å². The molecule has 2 N–H and O–H groups in total. The number of urea groups is 1. The molecule has 3 aromatic heterocycles. The molecule has 0 aliphatic heterocycles. The highest BCUT2D eigenvalue weighted by Gasteiger charge is 2.13. The topological polar surface area (TPSA) is 97.6 Å². The van der Waals surface area contributed by atoms with Crippen LogP contribution in [0, 0.1) is 6.92 Å². The van der Waals surface area contributed by atoms with Gasteiger partial charge < -0.3 is 10.6 Å². The summed E-state index contributed by atoms with van der Waals surface area (Å²) in [6, 6.07) is 3.29. The highest BCUT2D eigenvalue weighted by atomic mass is 32.1. The molecule has 0 unspecified atom stereocenters. The van der Waals surface area contributed by atoms with Crippen molar-refractivity contribution in [3.63, 3.8) is 0 Å². The number of pyridine rings is 1. The molecule has 124 valence electrons. The minimum Gasteiger partial charge on any atom is -0.334 e. The predicted molar refractivity (Wildman–Crippen MR) is 89.8 cm³/mol. The van der Waals surface area contributed by atoms with Crippen LogP contribution in [0.15, 0.2) is 36.4 Å². The fourth-order valence-electron chi connectivity index (χ4n) is 2.17. The van der Waals surface area contributed by atoms with E-state index in [1.807, 2.05) is 31.4 Å². The van der Waals surface area contributed by atoms with Crippen LogP contribution in [0.3, 0.4) is 0 Å². The van der Waals surface area contributed by atoms with Gasteiger partial charge in [0.15, 0.2) is 5.82 Å². The molecule has 0 aromatic carbocycles. The normalized spacial score (nSPS) is 11.9. The van der Waals surface area contributed by atoms with E-state index in [0.717, 1.165) is 16.3 Å². The van der Waals surface area contributed by atoms with Crippen LogP contribution in [0.1, 0.15) is 29.2 Å². The number of aromatic nitrogens is 5. The Bertz CT molecular complexity index is 815. The van der Waals surface area contributed by atoms with Crippen molar-refractivity contribution in [2.45, 2.75) is 26.4 Å². The summed E-state index contributed by atoms with van der Waals surface area (Å²) in [4.78, 5) is 24.7. The quantitative estimate of drug-likeness (QED) is 0.738. The van der Waals surface area contributed by atoms with Crippen LogP contribution in [0.2, 0.25) is 0 Å². The zero-order valence-electron chi connectivity index (χ0n) is 13.3. The molecule has 0 bridgehead atoms. The Balaban J connectivity index is 1.61. The molecule has 3 rings (SSSR count). The van der Waals surface area contributed by atoms with Gasteiger partial charge in [0, 0.05) is 23.7 Å². The van der Waals surface area contributed by atoms with Crippen LogP contribution in [0.25, 0.3) is 5.82 Å². The maximum absolute atomic E-state index is 12.1. The molecule has 0 fully saturated rings. The number of carbonyl (C=O) groups excluding carboxylic acids is 1. The van der Waals surface area contributed by atoms with Gasteiger partial charge in [-0.3, -0.25) is 0 Å². The van der Waals surface area contributed by atoms with Gasteiger partial charge in [0.25, 0.3) is 0 Å². The maximum Gasteiger partial charge on any atom is 0.315 e. The number of hydrogen-bond acceptors (Lipinski definition) is 6. The second-order valence-corrected chi connectivity index (χ2v) is 6.23. The number of thiazole rings is 1. The summed E-state index contributed by atoms with van der Waals surface area (Å²) in [5, 5.41) is 12.7. The lowest BCUT2D eigenvalue weighted by molar-refractivity contribution is 0.237.